The third-order valence-corrected chi connectivity index (χ3v) is 2.71. The van der Waals surface area contributed by atoms with Crippen LogP contribution in [0.1, 0.15) is 26.2 Å². The minimum Gasteiger partial charge on any atom is -0.421 e. The Morgan fingerprint density at radius 1 is 1.29 bits per heavy atom. The van der Waals surface area contributed by atoms with Gasteiger partial charge in [-0.3, -0.25) is 4.79 Å². The van der Waals surface area contributed by atoms with Crippen LogP contribution in [0.3, 0.4) is 0 Å². The second-order valence-corrected chi connectivity index (χ2v) is 4.44. The Morgan fingerprint density at radius 2 is 2.00 bits per heavy atom. The molecule has 0 aliphatic heterocycles. The van der Waals surface area contributed by atoms with Crippen LogP contribution in [0.2, 0.25) is 0 Å². The molecular formula is C15H16FN3O2. The van der Waals surface area contributed by atoms with Crippen LogP contribution in [0, 0.1) is 5.82 Å². The Morgan fingerprint density at radius 3 is 2.67 bits per heavy atom. The molecule has 1 aromatic carbocycles. The molecule has 6 heteroatoms. The summed E-state index contributed by atoms with van der Waals surface area (Å²) in [4.78, 5) is 19.4. The van der Waals surface area contributed by atoms with E-state index in [1.54, 1.807) is 12.1 Å². The van der Waals surface area contributed by atoms with Crippen molar-refractivity contribution < 1.29 is 13.9 Å². The standard InChI is InChI=1S/C15H16FN3O2/c1-2-3-8-14(20)19-11-9-17-15(18-10-11)21-13-7-5-4-6-12(13)16/h4-7,9-10H,2-3,8H2,1H3,(H,19,20). The van der Waals surface area contributed by atoms with Crippen LogP contribution >= 0.6 is 0 Å². The average molecular weight is 289 g/mol. The van der Waals surface area contributed by atoms with Gasteiger partial charge in [-0.15, -0.1) is 0 Å². The van der Waals surface area contributed by atoms with Crippen LogP contribution in [-0.2, 0) is 4.79 Å². The van der Waals surface area contributed by atoms with E-state index < -0.39 is 5.82 Å². The lowest BCUT2D eigenvalue weighted by molar-refractivity contribution is -0.116. The molecule has 1 aromatic heterocycles. The van der Waals surface area contributed by atoms with Gasteiger partial charge >= 0.3 is 6.01 Å². The number of ether oxygens (including phenoxy) is 1. The first-order chi connectivity index (χ1) is 10.2. The highest BCUT2D eigenvalue weighted by Gasteiger charge is 2.07. The van der Waals surface area contributed by atoms with Gasteiger partial charge in [-0.05, 0) is 18.6 Å². The largest absolute Gasteiger partial charge is 0.421 e. The van der Waals surface area contributed by atoms with Gasteiger partial charge in [-0.2, -0.15) is 0 Å². The summed E-state index contributed by atoms with van der Waals surface area (Å²) in [6.45, 7) is 2.02. The highest BCUT2D eigenvalue weighted by atomic mass is 19.1. The number of amides is 1. The van der Waals surface area contributed by atoms with Gasteiger partial charge in [0.25, 0.3) is 0 Å². The molecule has 1 heterocycles. The van der Waals surface area contributed by atoms with Crippen molar-refractivity contribution >= 4 is 11.6 Å². The van der Waals surface area contributed by atoms with Crippen molar-refractivity contribution in [2.24, 2.45) is 0 Å². The number of rotatable bonds is 6. The molecule has 1 N–H and O–H groups in total. The molecule has 2 rings (SSSR count). The number of hydrogen-bond acceptors (Lipinski definition) is 4. The smallest absolute Gasteiger partial charge is 0.322 e. The van der Waals surface area contributed by atoms with Gasteiger partial charge in [-0.25, -0.2) is 14.4 Å². The van der Waals surface area contributed by atoms with Gasteiger partial charge < -0.3 is 10.1 Å². The van der Waals surface area contributed by atoms with Gasteiger partial charge in [0.1, 0.15) is 0 Å². The van der Waals surface area contributed by atoms with E-state index in [0.29, 0.717) is 12.1 Å². The Labute approximate surface area is 122 Å². The number of carbonyl (C=O) groups excluding carboxylic acids is 1. The van der Waals surface area contributed by atoms with Crippen molar-refractivity contribution in [2.45, 2.75) is 26.2 Å². The van der Waals surface area contributed by atoms with Crippen molar-refractivity contribution in [3.8, 4) is 11.8 Å². The van der Waals surface area contributed by atoms with Gasteiger partial charge in [0.2, 0.25) is 5.91 Å². The van der Waals surface area contributed by atoms with E-state index in [-0.39, 0.29) is 17.7 Å². The molecule has 0 radical (unpaired) electrons. The number of carbonyl (C=O) groups is 1. The quantitative estimate of drug-likeness (QED) is 0.883. The maximum absolute atomic E-state index is 13.4. The number of para-hydroxylation sites is 1. The summed E-state index contributed by atoms with van der Waals surface area (Å²) in [5.41, 5.74) is 0.483. The molecule has 110 valence electrons. The Kier molecular flexibility index (Phi) is 5.20. The molecule has 0 spiro atoms. The summed E-state index contributed by atoms with van der Waals surface area (Å²) in [6.07, 6.45) is 5.10. The number of nitrogens with zero attached hydrogens (tertiary/aromatic N) is 2. The molecule has 2 aromatic rings. The summed E-state index contributed by atoms with van der Waals surface area (Å²) in [7, 11) is 0. The maximum atomic E-state index is 13.4. The zero-order valence-corrected chi connectivity index (χ0v) is 11.7. The number of benzene rings is 1. The summed E-state index contributed by atoms with van der Waals surface area (Å²) in [5, 5.41) is 2.69. The molecule has 0 bridgehead atoms. The molecule has 0 fully saturated rings. The van der Waals surface area contributed by atoms with Crippen molar-refractivity contribution in [3.63, 3.8) is 0 Å². The number of anilines is 1. The molecule has 0 aliphatic rings. The van der Waals surface area contributed by atoms with Crippen molar-refractivity contribution in [2.75, 3.05) is 5.32 Å². The minimum absolute atomic E-state index is 0.0201. The third kappa shape index (κ3) is 4.52. The van der Waals surface area contributed by atoms with Gasteiger partial charge in [0.05, 0.1) is 18.1 Å². The molecule has 0 saturated carbocycles. The molecular weight excluding hydrogens is 273 g/mol. The molecule has 0 aliphatic carbocycles. The van der Waals surface area contributed by atoms with Crippen molar-refractivity contribution in [3.05, 3.63) is 42.5 Å². The topological polar surface area (TPSA) is 64.1 Å². The van der Waals surface area contributed by atoms with E-state index in [4.69, 9.17) is 4.74 Å². The van der Waals surface area contributed by atoms with E-state index in [1.807, 2.05) is 6.92 Å². The molecule has 0 saturated heterocycles. The zero-order valence-electron chi connectivity index (χ0n) is 11.7. The fourth-order valence-electron chi connectivity index (χ4n) is 1.62. The fourth-order valence-corrected chi connectivity index (χ4v) is 1.62. The second kappa shape index (κ2) is 7.33. The van der Waals surface area contributed by atoms with E-state index in [1.165, 1.54) is 24.5 Å². The summed E-state index contributed by atoms with van der Waals surface area (Å²) >= 11 is 0. The van der Waals surface area contributed by atoms with Gasteiger partial charge in [0, 0.05) is 6.42 Å². The zero-order chi connectivity index (χ0) is 15.1. The van der Waals surface area contributed by atoms with Crippen LogP contribution in [0.5, 0.6) is 11.8 Å². The predicted molar refractivity (Wildman–Crippen MR) is 76.7 cm³/mol. The number of aromatic nitrogens is 2. The predicted octanol–water partition coefficient (Wildman–Crippen LogP) is 3.54. The van der Waals surface area contributed by atoms with E-state index in [9.17, 15) is 9.18 Å². The SMILES string of the molecule is CCCCC(=O)Nc1cnc(Oc2ccccc2F)nc1. The van der Waals surface area contributed by atoms with Crippen LogP contribution in [0.4, 0.5) is 10.1 Å². The molecule has 21 heavy (non-hydrogen) atoms. The molecule has 5 nitrogen and oxygen atoms in total. The first-order valence-corrected chi connectivity index (χ1v) is 6.73. The summed E-state index contributed by atoms with van der Waals surface area (Å²) < 4.78 is 18.6. The first-order valence-electron chi connectivity index (χ1n) is 6.73. The fraction of sp³-hybridized carbons (Fsp3) is 0.267. The highest BCUT2D eigenvalue weighted by molar-refractivity contribution is 5.90. The minimum atomic E-state index is -0.488. The normalized spacial score (nSPS) is 10.2. The second-order valence-electron chi connectivity index (χ2n) is 4.44. The van der Waals surface area contributed by atoms with Crippen LogP contribution in [0.15, 0.2) is 36.7 Å². The van der Waals surface area contributed by atoms with Gasteiger partial charge in [0.15, 0.2) is 11.6 Å². The first kappa shape index (κ1) is 14.9. The van der Waals surface area contributed by atoms with Crippen LogP contribution in [-0.4, -0.2) is 15.9 Å². The van der Waals surface area contributed by atoms with E-state index >= 15 is 0 Å². The summed E-state index contributed by atoms with van der Waals surface area (Å²) in [5.74, 6) is -0.515. The third-order valence-electron chi connectivity index (χ3n) is 2.71. The Hall–Kier alpha value is -2.50. The number of unbranched alkanes of at least 4 members (excludes halogenated alkanes) is 1. The lowest BCUT2D eigenvalue weighted by Gasteiger charge is -2.06. The lowest BCUT2D eigenvalue weighted by Crippen LogP contribution is -2.11. The van der Waals surface area contributed by atoms with Crippen LogP contribution in [0.25, 0.3) is 0 Å². The lowest BCUT2D eigenvalue weighted by atomic mass is 10.2. The van der Waals surface area contributed by atoms with Crippen molar-refractivity contribution in [1.82, 2.24) is 9.97 Å². The maximum Gasteiger partial charge on any atom is 0.322 e. The Bertz CT molecular complexity index is 602. The van der Waals surface area contributed by atoms with Crippen LogP contribution < -0.4 is 10.1 Å². The molecule has 1 amide bonds. The number of halogens is 1. The van der Waals surface area contributed by atoms with E-state index in [2.05, 4.69) is 15.3 Å². The van der Waals surface area contributed by atoms with Crippen molar-refractivity contribution in [1.29, 1.82) is 0 Å². The highest BCUT2D eigenvalue weighted by Crippen LogP contribution is 2.21. The monoisotopic (exact) mass is 289 g/mol. The summed E-state index contributed by atoms with van der Waals surface area (Å²) in [6, 6.07) is 6.02. The Balaban J connectivity index is 1.96. The van der Waals surface area contributed by atoms with Gasteiger partial charge in [-0.1, -0.05) is 25.5 Å². The molecule has 0 atom stereocenters. The number of nitrogens with one attached hydrogen (secondary N) is 1. The number of hydrogen-bond donors (Lipinski definition) is 1. The average Bonchev–Trinajstić information content (AvgIpc) is 2.49. The van der Waals surface area contributed by atoms with E-state index in [0.717, 1.165) is 12.8 Å². The molecule has 0 unspecified atom stereocenters.